The summed E-state index contributed by atoms with van der Waals surface area (Å²) in [5, 5.41) is 9.14. The Balaban J connectivity index is 0.000000336. The van der Waals surface area contributed by atoms with Crippen LogP contribution in [0.2, 0.25) is 0 Å². The lowest BCUT2D eigenvalue weighted by molar-refractivity contribution is -0.297. The summed E-state index contributed by atoms with van der Waals surface area (Å²) in [7, 11) is 0. The predicted octanol–water partition coefficient (Wildman–Crippen LogP) is -0.573. The van der Waals surface area contributed by atoms with E-state index in [1.807, 2.05) is 0 Å². The van der Waals surface area contributed by atoms with Crippen LogP contribution >= 0.6 is 0 Å². The summed E-state index contributed by atoms with van der Waals surface area (Å²) in [6.45, 7) is 9.04. The van der Waals surface area contributed by atoms with Crippen molar-refractivity contribution in [2.75, 3.05) is 13.2 Å². The van der Waals surface area contributed by atoms with E-state index in [-0.39, 0.29) is 12.1 Å². The van der Waals surface area contributed by atoms with Gasteiger partial charge in [0.1, 0.15) is 12.7 Å². The van der Waals surface area contributed by atoms with Crippen LogP contribution in [0.5, 0.6) is 0 Å². The van der Waals surface area contributed by atoms with Gasteiger partial charge in [0.05, 0.1) is 12.6 Å². The monoisotopic (exact) mass is 213 g/mol. The number of epoxide rings is 1. The summed E-state index contributed by atoms with van der Waals surface area (Å²) in [4.78, 5) is 19.8. The van der Waals surface area contributed by atoms with E-state index in [1.54, 1.807) is 6.92 Å². The quantitative estimate of drug-likeness (QED) is 0.355. The lowest BCUT2D eigenvalue weighted by Gasteiger charge is -1.99. The molecule has 0 spiro atoms. The maximum Gasteiger partial charge on any atom is 0.333 e. The van der Waals surface area contributed by atoms with Gasteiger partial charge in [-0.05, 0) is 13.0 Å². The van der Waals surface area contributed by atoms with Crippen LogP contribution < -0.4 is 5.11 Å². The average Bonchev–Trinajstić information content (AvgIpc) is 2.98. The Labute approximate surface area is 88.0 Å². The van der Waals surface area contributed by atoms with Crippen molar-refractivity contribution in [3.8, 4) is 0 Å². The third kappa shape index (κ3) is 8.70. The number of carboxylic acids is 1. The molecule has 0 radical (unpaired) electrons. The molecule has 1 saturated heterocycles. The molecular weight excluding hydrogens is 200 g/mol. The van der Waals surface area contributed by atoms with E-state index in [0.29, 0.717) is 18.8 Å². The van der Waals surface area contributed by atoms with E-state index in [9.17, 15) is 4.79 Å². The highest BCUT2D eigenvalue weighted by Gasteiger charge is 2.24. The molecule has 1 aliphatic heterocycles. The zero-order valence-electron chi connectivity index (χ0n) is 8.52. The Bertz CT molecular complexity index is 265. The molecule has 0 N–H and O–H groups in total. The highest BCUT2D eigenvalue weighted by molar-refractivity contribution is 5.86. The fourth-order valence-corrected chi connectivity index (χ4v) is 0.456. The van der Waals surface area contributed by atoms with Gasteiger partial charge in [0.25, 0.3) is 0 Å². The smallest absolute Gasteiger partial charge is 0.333 e. The topological polar surface area (TPSA) is 79.0 Å². The van der Waals surface area contributed by atoms with Crippen LogP contribution in [0.1, 0.15) is 6.92 Å². The lowest BCUT2D eigenvalue weighted by Crippen LogP contribution is -2.17. The van der Waals surface area contributed by atoms with Crippen LogP contribution in [0, 0.1) is 0 Å². The molecule has 1 rings (SSSR count). The van der Waals surface area contributed by atoms with Crippen LogP contribution in [0.15, 0.2) is 24.8 Å². The normalized spacial score (nSPS) is 16.7. The number of hydrogen-bond donors (Lipinski definition) is 0. The van der Waals surface area contributed by atoms with E-state index in [4.69, 9.17) is 19.4 Å². The van der Waals surface area contributed by atoms with Crippen molar-refractivity contribution < 1.29 is 24.2 Å². The highest BCUT2D eigenvalue weighted by atomic mass is 16.6. The third-order valence-electron chi connectivity index (χ3n) is 1.32. The molecule has 5 nitrogen and oxygen atoms in total. The van der Waals surface area contributed by atoms with E-state index in [1.165, 1.54) is 0 Å². The number of carbonyl (C=O) groups excluding carboxylic acids is 2. The van der Waals surface area contributed by atoms with Crippen molar-refractivity contribution in [2.24, 2.45) is 0 Å². The third-order valence-corrected chi connectivity index (χ3v) is 1.32. The van der Waals surface area contributed by atoms with Gasteiger partial charge in [-0.25, -0.2) is 4.79 Å². The molecule has 0 saturated carbocycles. The van der Waals surface area contributed by atoms with Gasteiger partial charge in [0.15, 0.2) is 0 Å². The van der Waals surface area contributed by atoms with E-state index >= 15 is 0 Å². The Kier molecular flexibility index (Phi) is 6.05. The summed E-state index contributed by atoms with van der Waals surface area (Å²) < 4.78 is 9.60. The first-order valence-corrected chi connectivity index (χ1v) is 4.25. The second-order valence-electron chi connectivity index (χ2n) is 2.86. The van der Waals surface area contributed by atoms with Crippen molar-refractivity contribution in [1.82, 2.24) is 0 Å². The number of rotatable bonds is 4. The van der Waals surface area contributed by atoms with Crippen molar-refractivity contribution in [1.29, 1.82) is 0 Å². The Hall–Kier alpha value is -1.62. The maximum absolute atomic E-state index is 10.7. The minimum Gasteiger partial charge on any atom is -0.545 e. The predicted molar refractivity (Wildman–Crippen MR) is 50.7 cm³/mol. The van der Waals surface area contributed by atoms with Crippen LogP contribution in [0.4, 0.5) is 0 Å². The van der Waals surface area contributed by atoms with Gasteiger partial charge in [-0.3, -0.25) is 0 Å². The highest BCUT2D eigenvalue weighted by Crippen LogP contribution is 2.09. The van der Waals surface area contributed by atoms with E-state index in [2.05, 4.69) is 13.2 Å². The molecule has 1 unspecified atom stereocenters. The van der Waals surface area contributed by atoms with Gasteiger partial charge in [0, 0.05) is 5.57 Å². The molecule has 0 amide bonds. The molecule has 1 aliphatic rings. The van der Waals surface area contributed by atoms with E-state index < -0.39 is 5.97 Å². The molecule has 1 heterocycles. The van der Waals surface area contributed by atoms with Crippen molar-refractivity contribution in [3.05, 3.63) is 24.8 Å². The first-order chi connectivity index (χ1) is 6.97. The molecule has 0 aliphatic carbocycles. The average molecular weight is 213 g/mol. The standard InChI is InChI=1S/C7H10O3.C3H4O2/c1-5(2)7(8)10-4-6-3-9-6;1-2-3(4)5/h6H,1,3-4H2,2H3;2H,1H2,(H,4,5)/p-1. The van der Waals surface area contributed by atoms with Crippen LogP contribution in [-0.2, 0) is 19.1 Å². The molecule has 84 valence electrons. The minimum atomic E-state index is -1.23. The molecule has 15 heavy (non-hydrogen) atoms. The Morgan fingerprint density at radius 2 is 2.13 bits per heavy atom. The van der Waals surface area contributed by atoms with Gasteiger partial charge in [-0.1, -0.05) is 13.2 Å². The van der Waals surface area contributed by atoms with Gasteiger partial charge in [-0.2, -0.15) is 0 Å². The number of carbonyl (C=O) groups is 2. The second-order valence-corrected chi connectivity index (χ2v) is 2.86. The summed E-state index contributed by atoms with van der Waals surface area (Å²) in [5.41, 5.74) is 0.431. The molecule has 1 atom stereocenters. The molecule has 5 heteroatoms. The first-order valence-electron chi connectivity index (χ1n) is 4.25. The fraction of sp³-hybridized carbons (Fsp3) is 0.400. The SMILES string of the molecule is C=C(C)C(=O)OCC1CO1.C=CC(=O)[O-]. The number of hydrogen-bond acceptors (Lipinski definition) is 5. The molecule has 0 aromatic rings. The summed E-state index contributed by atoms with van der Waals surface area (Å²) in [6.07, 6.45) is 0.864. The van der Waals surface area contributed by atoms with Crippen LogP contribution in [-0.4, -0.2) is 31.3 Å². The number of aliphatic carboxylic acids is 1. The van der Waals surface area contributed by atoms with Gasteiger partial charge < -0.3 is 19.4 Å². The summed E-state index contributed by atoms with van der Waals surface area (Å²) in [6, 6.07) is 0. The first kappa shape index (κ1) is 13.4. The lowest BCUT2D eigenvalue weighted by atomic mass is 10.4. The maximum atomic E-state index is 10.7. The fourth-order valence-electron chi connectivity index (χ4n) is 0.456. The largest absolute Gasteiger partial charge is 0.545 e. The van der Waals surface area contributed by atoms with Crippen molar-refractivity contribution in [3.63, 3.8) is 0 Å². The Morgan fingerprint density at radius 1 is 1.67 bits per heavy atom. The minimum absolute atomic E-state index is 0.142. The van der Waals surface area contributed by atoms with Gasteiger partial charge >= 0.3 is 5.97 Å². The number of carboxylic acid groups (broad SMARTS) is 1. The van der Waals surface area contributed by atoms with Crippen molar-refractivity contribution in [2.45, 2.75) is 13.0 Å². The van der Waals surface area contributed by atoms with Crippen LogP contribution in [0.3, 0.4) is 0 Å². The molecule has 1 fully saturated rings. The number of esters is 1. The van der Waals surface area contributed by atoms with Crippen molar-refractivity contribution >= 4 is 11.9 Å². The van der Waals surface area contributed by atoms with Gasteiger partial charge in [-0.15, -0.1) is 0 Å². The summed E-state index contributed by atoms with van der Waals surface area (Å²) in [5.74, 6) is -1.57. The zero-order chi connectivity index (χ0) is 11.8. The Morgan fingerprint density at radius 3 is 2.40 bits per heavy atom. The zero-order valence-corrected chi connectivity index (χ0v) is 8.52. The molecule has 0 aromatic heterocycles. The molecular formula is C10H13O5-. The van der Waals surface area contributed by atoms with E-state index in [0.717, 1.165) is 6.08 Å². The van der Waals surface area contributed by atoms with Crippen LogP contribution in [0.25, 0.3) is 0 Å². The summed E-state index contributed by atoms with van der Waals surface area (Å²) >= 11 is 0. The number of ether oxygens (including phenoxy) is 2. The van der Waals surface area contributed by atoms with Gasteiger partial charge in [0.2, 0.25) is 0 Å². The molecule has 0 bridgehead atoms. The molecule has 0 aromatic carbocycles. The second kappa shape index (κ2) is 6.78.